The minimum Gasteiger partial charge on any atom is -0.463 e. The Bertz CT molecular complexity index is 445. The lowest BCUT2D eigenvalue weighted by molar-refractivity contribution is -0.282. The second-order valence-corrected chi connectivity index (χ2v) is 6.52. The van der Waals surface area contributed by atoms with Crippen molar-refractivity contribution >= 4 is 11.9 Å². The average Bonchev–Trinajstić information content (AvgIpc) is 2.61. The Hall–Kier alpha value is -1.26. The molecule has 0 aromatic carbocycles. The number of carbonyl (C=O) groups is 2. The topological polar surface area (TPSA) is 116 Å². The van der Waals surface area contributed by atoms with Crippen LogP contribution in [-0.4, -0.2) is 76.6 Å². The van der Waals surface area contributed by atoms with Gasteiger partial charge in [-0.2, -0.15) is 0 Å². The highest BCUT2D eigenvalue weighted by Crippen LogP contribution is 2.33. The van der Waals surface area contributed by atoms with E-state index >= 15 is 0 Å². The summed E-state index contributed by atoms with van der Waals surface area (Å²) in [6, 6.07) is 0. The second-order valence-electron chi connectivity index (χ2n) is 6.52. The van der Waals surface area contributed by atoms with Crippen molar-refractivity contribution in [2.45, 2.75) is 46.2 Å². The molecule has 0 radical (unpaired) electrons. The third kappa shape index (κ3) is 8.98. The predicted octanol–water partition coefficient (Wildman–Crippen LogP) is 0.487. The van der Waals surface area contributed by atoms with E-state index in [1.807, 2.05) is 13.8 Å². The molecule has 0 bridgehead atoms. The Kier molecular flexibility index (Phi) is 11.5. The van der Waals surface area contributed by atoms with Gasteiger partial charge in [-0.05, 0) is 5.92 Å². The molecule has 2 N–H and O–H groups in total. The van der Waals surface area contributed by atoms with Crippen LogP contribution in [0.4, 0.5) is 0 Å². The predicted molar refractivity (Wildman–Crippen MR) is 95.8 cm³/mol. The maximum absolute atomic E-state index is 11.5. The van der Waals surface area contributed by atoms with Crippen molar-refractivity contribution < 1.29 is 38.0 Å². The first-order valence-corrected chi connectivity index (χ1v) is 9.30. The average molecular weight is 391 g/mol. The lowest BCUT2D eigenvalue weighted by Gasteiger charge is -2.43. The quantitative estimate of drug-likeness (QED) is 0.375. The van der Waals surface area contributed by atoms with E-state index in [-0.39, 0.29) is 37.1 Å². The number of esters is 2. The van der Waals surface area contributed by atoms with Crippen molar-refractivity contribution in [1.82, 2.24) is 0 Å². The number of rotatable bonds is 12. The van der Waals surface area contributed by atoms with Crippen LogP contribution in [0.15, 0.2) is 0 Å². The maximum Gasteiger partial charge on any atom is 0.303 e. The molecule has 1 heterocycles. The van der Waals surface area contributed by atoms with Gasteiger partial charge in [0.2, 0.25) is 0 Å². The van der Waals surface area contributed by atoms with E-state index in [1.54, 1.807) is 0 Å². The molecule has 0 aromatic heterocycles. The SMILES string of the molecule is CC(=O)OCC1O[C@H](OCCOCCOCCN)[C@H](OC(C)=O)C(C)[C@@H]1C. The molecule has 0 amide bonds. The van der Waals surface area contributed by atoms with Gasteiger partial charge in [-0.3, -0.25) is 9.59 Å². The van der Waals surface area contributed by atoms with Crippen LogP contribution in [0.25, 0.3) is 0 Å². The number of ether oxygens (including phenoxy) is 6. The summed E-state index contributed by atoms with van der Waals surface area (Å²) in [5.41, 5.74) is 5.33. The normalized spacial score (nSPS) is 28.0. The van der Waals surface area contributed by atoms with Crippen LogP contribution >= 0.6 is 0 Å². The molecule has 1 saturated heterocycles. The minimum atomic E-state index is -0.752. The van der Waals surface area contributed by atoms with E-state index < -0.39 is 18.4 Å². The van der Waals surface area contributed by atoms with Crippen molar-refractivity contribution in [2.75, 3.05) is 46.2 Å². The summed E-state index contributed by atoms with van der Waals surface area (Å²) in [4.78, 5) is 22.5. The smallest absolute Gasteiger partial charge is 0.303 e. The molecule has 158 valence electrons. The molecule has 1 rings (SSSR count). The van der Waals surface area contributed by atoms with Gasteiger partial charge in [0, 0.05) is 26.3 Å². The Labute approximate surface area is 160 Å². The lowest BCUT2D eigenvalue weighted by atomic mass is 9.83. The highest BCUT2D eigenvalue weighted by Gasteiger charge is 2.44. The van der Waals surface area contributed by atoms with Gasteiger partial charge < -0.3 is 34.2 Å². The van der Waals surface area contributed by atoms with Crippen LogP contribution in [0, 0.1) is 11.8 Å². The Morgan fingerprint density at radius 2 is 1.56 bits per heavy atom. The summed E-state index contributed by atoms with van der Waals surface area (Å²) >= 11 is 0. The molecule has 1 aliphatic heterocycles. The summed E-state index contributed by atoms with van der Waals surface area (Å²) in [6.45, 7) is 9.24. The van der Waals surface area contributed by atoms with Gasteiger partial charge in [0.15, 0.2) is 12.4 Å². The largest absolute Gasteiger partial charge is 0.463 e. The zero-order valence-corrected chi connectivity index (χ0v) is 16.7. The van der Waals surface area contributed by atoms with E-state index in [1.165, 1.54) is 13.8 Å². The van der Waals surface area contributed by atoms with Crippen molar-refractivity contribution in [3.05, 3.63) is 0 Å². The number of hydrogen-bond acceptors (Lipinski definition) is 9. The minimum absolute atomic E-state index is 0.0180. The summed E-state index contributed by atoms with van der Waals surface area (Å²) in [6.07, 6.45) is -1.64. The van der Waals surface area contributed by atoms with Crippen molar-refractivity contribution in [1.29, 1.82) is 0 Å². The Morgan fingerprint density at radius 1 is 0.926 bits per heavy atom. The molecule has 1 aliphatic rings. The first kappa shape index (κ1) is 23.8. The molecule has 5 atom stereocenters. The van der Waals surface area contributed by atoms with Gasteiger partial charge in [0.25, 0.3) is 0 Å². The fourth-order valence-electron chi connectivity index (χ4n) is 2.77. The molecule has 1 fully saturated rings. The Morgan fingerprint density at radius 3 is 2.15 bits per heavy atom. The molecular formula is C18H33NO8. The van der Waals surface area contributed by atoms with Gasteiger partial charge in [0.1, 0.15) is 6.61 Å². The number of carbonyl (C=O) groups excluding carboxylic acids is 2. The third-order valence-corrected chi connectivity index (χ3v) is 4.41. The summed E-state index contributed by atoms with van der Waals surface area (Å²) in [5.74, 6) is -0.783. The van der Waals surface area contributed by atoms with Gasteiger partial charge in [-0.15, -0.1) is 0 Å². The van der Waals surface area contributed by atoms with Gasteiger partial charge >= 0.3 is 11.9 Å². The molecule has 0 aromatic rings. The van der Waals surface area contributed by atoms with E-state index in [0.717, 1.165) is 0 Å². The zero-order valence-electron chi connectivity index (χ0n) is 16.7. The van der Waals surface area contributed by atoms with Crippen molar-refractivity contribution in [2.24, 2.45) is 17.6 Å². The van der Waals surface area contributed by atoms with Gasteiger partial charge in [-0.25, -0.2) is 0 Å². The van der Waals surface area contributed by atoms with Crippen LogP contribution in [0.2, 0.25) is 0 Å². The lowest BCUT2D eigenvalue weighted by Crippen LogP contribution is -2.53. The monoisotopic (exact) mass is 391 g/mol. The first-order chi connectivity index (χ1) is 12.9. The molecule has 2 unspecified atom stereocenters. The molecule has 9 nitrogen and oxygen atoms in total. The van der Waals surface area contributed by atoms with Crippen molar-refractivity contribution in [3.8, 4) is 0 Å². The van der Waals surface area contributed by atoms with Gasteiger partial charge in [-0.1, -0.05) is 13.8 Å². The van der Waals surface area contributed by atoms with Crippen LogP contribution < -0.4 is 5.73 Å². The molecular weight excluding hydrogens is 358 g/mol. The van der Waals surface area contributed by atoms with E-state index in [9.17, 15) is 9.59 Å². The molecule has 27 heavy (non-hydrogen) atoms. The number of hydrogen-bond donors (Lipinski definition) is 1. The maximum atomic E-state index is 11.5. The van der Waals surface area contributed by atoms with Gasteiger partial charge in [0.05, 0.1) is 39.1 Å². The second kappa shape index (κ2) is 13.0. The van der Waals surface area contributed by atoms with Crippen LogP contribution in [0.3, 0.4) is 0 Å². The fourth-order valence-corrected chi connectivity index (χ4v) is 2.77. The zero-order chi connectivity index (χ0) is 20.2. The van der Waals surface area contributed by atoms with Crippen molar-refractivity contribution in [3.63, 3.8) is 0 Å². The van der Waals surface area contributed by atoms with Crippen LogP contribution in [0.5, 0.6) is 0 Å². The summed E-state index contributed by atoms with van der Waals surface area (Å²) in [5, 5.41) is 0. The Balaban J connectivity index is 2.51. The molecule has 0 spiro atoms. The van der Waals surface area contributed by atoms with E-state index in [2.05, 4.69) is 0 Å². The molecule has 9 heteroatoms. The third-order valence-electron chi connectivity index (χ3n) is 4.41. The van der Waals surface area contributed by atoms with Crippen LogP contribution in [0.1, 0.15) is 27.7 Å². The van der Waals surface area contributed by atoms with E-state index in [0.29, 0.717) is 33.0 Å². The summed E-state index contributed by atoms with van der Waals surface area (Å²) < 4.78 is 32.8. The highest BCUT2D eigenvalue weighted by molar-refractivity contribution is 5.66. The fraction of sp³-hybridized carbons (Fsp3) is 0.889. The molecule has 0 aliphatic carbocycles. The first-order valence-electron chi connectivity index (χ1n) is 9.30. The highest BCUT2D eigenvalue weighted by atomic mass is 16.7. The standard InChI is InChI=1S/C18H33NO8/c1-12-13(2)17(26-15(4)21)18(27-16(12)11-25-14(3)20)24-10-9-23-8-7-22-6-5-19/h12-13,16-18H,5-11,19H2,1-4H3/t12-,13?,16?,17+,18-/m0/s1. The number of nitrogens with two attached hydrogens (primary N) is 1. The summed E-state index contributed by atoms with van der Waals surface area (Å²) in [7, 11) is 0. The molecule has 0 saturated carbocycles. The van der Waals surface area contributed by atoms with E-state index in [4.69, 9.17) is 34.2 Å². The van der Waals surface area contributed by atoms with Crippen LogP contribution in [-0.2, 0) is 38.0 Å².